The first kappa shape index (κ1) is 14.4. The molecule has 0 aliphatic heterocycles. The van der Waals surface area contributed by atoms with Gasteiger partial charge in [-0.25, -0.2) is 9.78 Å². The summed E-state index contributed by atoms with van der Waals surface area (Å²) in [6.45, 7) is 0. The smallest absolute Gasteiger partial charge is 0.354 e. The highest BCUT2D eigenvalue weighted by atomic mass is 16.4. The van der Waals surface area contributed by atoms with Crippen LogP contribution in [0.3, 0.4) is 0 Å². The fourth-order valence-electron chi connectivity index (χ4n) is 3.06. The Morgan fingerprint density at radius 1 is 1.04 bits per heavy atom. The number of aliphatic hydroxyl groups is 1. The first-order chi connectivity index (χ1) is 11.7. The zero-order valence-corrected chi connectivity index (χ0v) is 12.6. The van der Waals surface area contributed by atoms with E-state index < -0.39 is 12.1 Å². The molecule has 0 amide bonds. The third-order valence-electron chi connectivity index (χ3n) is 4.13. The van der Waals surface area contributed by atoms with E-state index in [2.05, 4.69) is 4.98 Å². The molecule has 0 saturated carbocycles. The van der Waals surface area contributed by atoms with Gasteiger partial charge >= 0.3 is 5.97 Å². The lowest BCUT2D eigenvalue weighted by Crippen LogP contribution is -2.09. The Balaban J connectivity index is 1.95. The van der Waals surface area contributed by atoms with Crippen molar-refractivity contribution >= 4 is 11.5 Å². The maximum atomic E-state index is 11.6. The van der Waals surface area contributed by atoms with E-state index >= 15 is 0 Å². The van der Waals surface area contributed by atoms with Crippen molar-refractivity contribution in [1.82, 2.24) is 9.55 Å². The van der Waals surface area contributed by atoms with Crippen molar-refractivity contribution < 1.29 is 15.0 Å². The number of benzene rings is 2. The van der Waals surface area contributed by atoms with Crippen LogP contribution in [-0.2, 0) is 0 Å². The van der Waals surface area contributed by atoms with Gasteiger partial charge in [0, 0.05) is 11.3 Å². The summed E-state index contributed by atoms with van der Waals surface area (Å²) in [6, 6.07) is 16.7. The lowest BCUT2D eigenvalue weighted by Gasteiger charge is -2.11. The van der Waals surface area contributed by atoms with E-state index in [0.29, 0.717) is 11.5 Å². The van der Waals surface area contributed by atoms with Gasteiger partial charge in [0.05, 0.1) is 12.3 Å². The zero-order valence-electron chi connectivity index (χ0n) is 12.6. The molecule has 24 heavy (non-hydrogen) atoms. The van der Waals surface area contributed by atoms with Gasteiger partial charge in [0.25, 0.3) is 0 Å². The van der Waals surface area contributed by atoms with E-state index in [9.17, 15) is 15.0 Å². The summed E-state index contributed by atoms with van der Waals surface area (Å²) in [5, 5.41) is 19.8. The molecule has 0 spiro atoms. The van der Waals surface area contributed by atoms with Crippen molar-refractivity contribution in [2.45, 2.75) is 6.10 Å². The Hall–Kier alpha value is -3.18. The summed E-state index contributed by atoms with van der Waals surface area (Å²) >= 11 is 0. The number of hydrogen-bond acceptors (Lipinski definition) is 3. The number of fused-ring (bicyclic) bond motifs is 1. The number of imidazole rings is 1. The predicted molar refractivity (Wildman–Crippen MR) is 89.0 cm³/mol. The molecule has 1 unspecified atom stereocenters. The minimum atomic E-state index is -1.05. The van der Waals surface area contributed by atoms with Gasteiger partial charge in [-0.3, -0.25) is 4.57 Å². The Labute approximate surface area is 138 Å². The molecule has 1 aliphatic rings. The molecule has 2 aromatic carbocycles. The highest BCUT2D eigenvalue weighted by Crippen LogP contribution is 2.38. The van der Waals surface area contributed by atoms with Gasteiger partial charge in [0.15, 0.2) is 5.69 Å². The summed E-state index contributed by atoms with van der Waals surface area (Å²) < 4.78 is 1.60. The van der Waals surface area contributed by atoms with Gasteiger partial charge in [-0.2, -0.15) is 0 Å². The van der Waals surface area contributed by atoms with Crippen LogP contribution in [0.1, 0.15) is 33.5 Å². The van der Waals surface area contributed by atoms with Crippen molar-refractivity contribution in [2.24, 2.45) is 0 Å². The number of para-hydroxylation sites is 1. The van der Waals surface area contributed by atoms with Crippen LogP contribution >= 0.6 is 0 Å². The quantitative estimate of drug-likeness (QED) is 0.778. The van der Waals surface area contributed by atoms with E-state index in [4.69, 9.17) is 0 Å². The van der Waals surface area contributed by atoms with E-state index in [-0.39, 0.29) is 5.69 Å². The molecule has 1 heterocycles. The molecule has 0 bridgehead atoms. The molecule has 1 aliphatic carbocycles. The number of carboxylic acid groups (broad SMARTS) is 1. The normalized spacial score (nSPS) is 15.9. The van der Waals surface area contributed by atoms with E-state index in [1.165, 1.54) is 6.20 Å². The lowest BCUT2D eigenvalue weighted by molar-refractivity contribution is 0.0688. The summed E-state index contributed by atoms with van der Waals surface area (Å²) in [6.07, 6.45) is 2.34. The Morgan fingerprint density at radius 2 is 1.75 bits per heavy atom. The van der Waals surface area contributed by atoms with Gasteiger partial charge in [0.2, 0.25) is 0 Å². The highest BCUT2D eigenvalue weighted by molar-refractivity contribution is 5.89. The largest absolute Gasteiger partial charge is 0.477 e. The third kappa shape index (κ3) is 2.14. The monoisotopic (exact) mass is 318 g/mol. The molecular weight excluding hydrogens is 304 g/mol. The van der Waals surface area contributed by atoms with Crippen LogP contribution in [0, 0.1) is 0 Å². The maximum Gasteiger partial charge on any atom is 0.354 e. The second kappa shape index (κ2) is 5.47. The predicted octanol–water partition coefficient (Wildman–Crippen LogP) is 3.05. The average Bonchev–Trinajstić information content (AvgIpc) is 3.18. The zero-order chi connectivity index (χ0) is 16.7. The van der Waals surface area contributed by atoms with Crippen LogP contribution in [0.4, 0.5) is 0 Å². The maximum absolute atomic E-state index is 11.6. The van der Waals surface area contributed by atoms with Gasteiger partial charge < -0.3 is 10.2 Å². The summed E-state index contributed by atoms with van der Waals surface area (Å²) in [7, 11) is 0. The number of aliphatic hydroxyl groups excluding tert-OH is 1. The summed E-state index contributed by atoms with van der Waals surface area (Å²) in [5.41, 5.74) is 3.18. The Morgan fingerprint density at radius 3 is 2.50 bits per heavy atom. The van der Waals surface area contributed by atoms with E-state index in [1.807, 2.05) is 54.6 Å². The van der Waals surface area contributed by atoms with Crippen molar-refractivity contribution in [1.29, 1.82) is 0 Å². The lowest BCUT2D eigenvalue weighted by atomic mass is 10.0. The van der Waals surface area contributed by atoms with Gasteiger partial charge in [-0.1, -0.05) is 42.5 Å². The second-order valence-electron chi connectivity index (χ2n) is 5.56. The third-order valence-corrected chi connectivity index (χ3v) is 4.13. The number of nitrogens with zero attached hydrogens (tertiary/aromatic N) is 2. The second-order valence-corrected chi connectivity index (χ2v) is 5.56. The van der Waals surface area contributed by atoms with E-state index in [0.717, 1.165) is 16.7 Å². The molecular formula is C19H14N2O3. The molecule has 1 atom stereocenters. The summed E-state index contributed by atoms with van der Waals surface area (Å²) in [5.74, 6) is -0.548. The molecule has 3 aromatic rings. The first-order valence-corrected chi connectivity index (χ1v) is 7.53. The number of carboxylic acids is 1. The van der Waals surface area contributed by atoms with Crippen LogP contribution < -0.4 is 0 Å². The number of hydrogen-bond donors (Lipinski definition) is 2. The van der Waals surface area contributed by atoms with Crippen molar-refractivity contribution in [2.75, 3.05) is 0 Å². The number of rotatable bonds is 3. The topological polar surface area (TPSA) is 75.3 Å². The summed E-state index contributed by atoms with van der Waals surface area (Å²) in [4.78, 5) is 15.9. The molecule has 0 fully saturated rings. The Kier molecular flexibility index (Phi) is 3.29. The van der Waals surface area contributed by atoms with Gasteiger partial charge in [0.1, 0.15) is 5.82 Å². The standard InChI is InChI=1S/C19H14N2O3/c22-17-10-15(13-8-4-5-9-14(13)17)18-20-11-16(19(23)24)21(18)12-6-2-1-3-7-12/h1-11,17,22H,(H,23,24). The van der Waals surface area contributed by atoms with Crippen LogP contribution in [0.15, 0.2) is 66.9 Å². The molecule has 1 aromatic heterocycles. The van der Waals surface area contributed by atoms with Gasteiger partial charge in [-0.15, -0.1) is 0 Å². The molecule has 0 saturated heterocycles. The van der Waals surface area contributed by atoms with Crippen molar-refractivity contribution in [3.05, 3.63) is 89.5 Å². The average molecular weight is 318 g/mol. The molecule has 0 radical (unpaired) electrons. The number of aromatic nitrogens is 2. The van der Waals surface area contributed by atoms with Crippen molar-refractivity contribution in [3.8, 4) is 5.69 Å². The van der Waals surface area contributed by atoms with Crippen LogP contribution in [0.25, 0.3) is 11.3 Å². The Bertz CT molecular complexity index is 958. The molecule has 2 N–H and O–H groups in total. The first-order valence-electron chi connectivity index (χ1n) is 7.53. The molecule has 4 rings (SSSR count). The fraction of sp³-hybridized carbons (Fsp3) is 0.0526. The van der Waals surface area contributed by atoms with Crippen molar-refractivity contribution in [3.63, 3.8) is 0 Å². The molecule has 5 nitrogen and oxygen atoms in total. The van der Waals surface area contributed by atoms with Crippen LogP contribution in [0.2, 0.25) is 0 Å². The van der Waals surface area contributed by atoms with Gasteiger partial charge in [-0.05, 0) is 29.3 Å². The molecule has 118 valence electrons. The number of carbonyl (C=O) groups is 1. The SMILES string of the molecule is O=C(O)c1cnc(C2=CC(O)c3ccccc32)n1-c1ccccc1. The van der Waals surface area contributed by atoms with Crippen LogP contribution in [-0.4, -0.2) is 25.7 Å². The van der Waals surface area contributed by atoms with Crippen LogP contribution in [0.5, 0.6) is 0 Å². The fourth-order valence-corrected chi connectivity index (χ4v) is 3.06. The number of aromatic carboxylic acids is 1. The minimum absolute atomic E-state index is 0.0796. The van der Waals surface area contributed by atoms with E-state index in [1.54, 1.807) is 10.6 Å². The molecule has 5 heteroatoms. The highest BCUT2D eigenvalue weighted by Gasteiger charge is 2.27. The minimum Gasteiger partial charge on any atom is -0.477 e.